The van der Waals surface area contributed by atoms with E-state index < -0.39 is 0 Å². The number of hydrogen-bond acceptors (Lipinski definition) is 7. The minimum Gasteiger partial charge on any atom is -0.491 e. The van der Waals surface area contributed by atoms with Crippen LogP contribution in [-0.4, -0.2) is 77.1 Å². The number of benzene rings is 1. The van der Waals surface area contributed by atoms with E-state index in [4.69, 9.17) is 25.8 Å². The average Bonchev–Trinajstić information content (AvgIpc) is 3.29. The number of fused-ring (bicyclic) bond motifs is 1. The summed E-state index contributed by atoms with van der Waals surface area (Å²) in [6.07, 6.45) is 7.01. The van der Waals surface area contributed by atoms with E-state index in [1.807, 2.05) is 47.2 Å². The molecule has 1 fully saturated rings. The zero-order chi connectivity index (χ0) is 23.3. The van der Waals surface area contributed by atoms with Gasteiger partial charge in [0.15, 0.2) is 0 Å². The van der Waals surface area contributed by atoms with E-state index >= 15 is 0 Å². The van der Waals surface area contributed by atoms with Crippen molar-refractivity contribution in [3.05, 3.63) is 66.5 Å². The third kappa shape index (κ3) is 4.90. The molecule has 1 aliphatic heterocycles. The Hall–Kier alpha value is -3.04. The molecule has 1 unspecified atom stereocenters. The van der Waals surface area contributed by atoms with E-state index in [0.29, 0.717) is 11.8 Å². The van der Waals surface area contributed by atoms with Gasteiger partial charge in [-0.05, 0) is 29.8 Å². The van der Waals surface area contributed by atoms with Crippen molar-refractivity contribution in [1.29, 1.82) is 0 Å². The fourth-order valence-corrected chi connectivity index (χ4v) is 4.35. The van der Waals surface area contributed by atoms with Gasteiger partial charge in [-0.25, -0.2) is 9.97 Å². The minimum atomic E-state index is -0.00816. The SMILES string of the molecule is COC(COc1ccc(-c2cn(-c3cccnc3)c3ncnc(Cl)c23)cc1)CN1CCOCC1. The van der Waals surface area contributed by atoms with Crippen LogP contribution < -0.4 is 4.74 Å². The van der Waals surface area contributed by atoms with Crippen LogP contribution in [0.5, 0.6) is 5.75 Å². The molecule has 0 N–H and O–H groups in total. The standard InChI is InChI=1S/C25H26ClN5O3/c1-32-21(14-30-9-11-33-12-10-30)16-34-20-6-4-18(5-7-20)22-15-31(19-3-2-8-27-13-19)25-23(22)24(26)28-17-29-25/h2-8,13,15,17,21H,9-12,14,16H2,1H3. The molecule has 5 rings (SSSR count). The highest BCUT2D eigenvalue weighted by Gasteiger charge is 2.18. The molecule has 1 aromatic carbocycles. The van der Waals surface area contributed by atoms with Gasteiger partial charge in [0.25, 0.3) is 0 Å². The summed E-state index contributed by atoms with van der Waals surface area (Å²) in [5.74, 6) is 0.783. The Balaban J connectivity index is 1.35. The maximum atomic E-state index is 6.49. The molecule has 1 atom stereocenters. The number of morpholine rings is 1. The van der Waals surface area contributed by atoms with Gasteiger partial charge in [0.1, 0.15) is 35.6 Å². The van der Waals surface area contributed by atoms with Crippen molar-refractivity contribution in [2.24, 2.45) is 0 Å². The normalized spacial score (nSPS) is 15.5. The Morgan fingerprint density at radius 1 is 1.12 bits per heavy atom. The van der Waals surface area contributed by atoms with E-state index in [-0.39, 0.29) is 6.10 Å². The molecule has 3 aromatic heterocycles. The van der Waals surface area contributed by atoms with Gasteiger partial charge in [0.05, 0.1) is 30.5 Å². The number of nitrogens with zero attached hydrogens (tertiary/aromatic N) is 5. The number of methoxy groups -OCH3 is 1. The number of ether oxygens (including phenoxy) is 3. The summed E-state index contributed by atoms with van der Waals surface area (Å²) in [6.45, 7) is 4.69. The highest BCUT2D eigenvalue weighted by molar-refractivity contribution is 6.35. The Labute approximate surface area is 203 Å². The monoisotopic (exact) mass is 479 g/mol. The van der Waals surface area contributed by atoms with Crippen LogP contribution in [0.3, 0.4) is 0 Å². The molecule has 34 heavy (non-hydrogen) atoms. The molecule has 0 bridgehead atoms. The van der Waals surface area contributed by atoms with Crippen LogP contribution in [0.25, 0.3) is 27.8 Å². The molecule has 0 aliphatic carbocycles. The molecule has 0 radical (unpaired) electrons. The van der Waals surface area contributed by atoms with Gasteiger partial charge in [-0.1, -0.05) is 23.7 Å². The zero-order valence-electron chi connectivity index (χ0n) is 18.9. The first-order chi connectivity index (χ1) is 16.7. The predicted octanol–water partition coefficient (Wildman–Crippen LogP) is 3.86. The number of pyridine rings is 1. The zero-order valence-corrected chi connectivity index (χ0v) is 19.7. The Bertz CT molecular complexity index is 1230. The second-order valence-corrected chi connectivity index (χ2v) is 8.45. The summed E-state index contributed by atoms with van der Waals surface area (Å²) in [6, 6.07) is 11.8. The lowest BCUT2D eigenvalue weighted by Crippen LogP contribution is -2.43. The van der Waals surface area contributed by atoms with Gasteiger partial charge in [0, 0.05) is 44.7 Å². The maximum absolute atomic E-state index is 6.49. The molecular formula is C25H26ClN5O3. The van der Waals surface area contributed by atoms with E-state index in [2.05, 4.69) is 19.9 Å². The Morgan fingerprint density at radius 3 is 2.68 bits per heavy atom. The highest BCUT2D eigenvalue weighted by atomic mass is 35.5. The molecular weight excluding hydrogens is 454 g/mol. The molecule has 0 spiro atoms. The molecule has 176 valence electrons. The quantitative estimate of drug-likeness (QED) is 0.355. The van der Waals surface area contributed by atoms with Crippen molar-refractivity contribution in [2.45, 2.75) is 6.10 Å². The topological polar surface area (TPSA) is 74.5 Å². The van der Waals surface area contributed by atoms with Crippen LogP contribution in [-0.2, 0) is 9.47 Å². The molecule has 8 nitrogen and oxygen atoms in total. The van der Waals surface area contributed by atoms with Crippen molar-refractivity contribution < 1.29 is 14.2 Å². The smallest absolute Gasteiger partial charge is 0.150 e. The van der Waals surface area contributed by atoms with Crippen molar-refractivity contribution in [1.82, 2.24) is 24.4 Å². The van der Waals surface area contributed by atoms with Gasteiger partial charge in [-0.2, -0.15) is 0 Å². The molecule has 0 saturated carbocycles. The first-order valence-corrected chi connectivity index (χ1v) is 11.6. The average molecular weight is 480 g/mol. The van der Waals surface area contributed by atoms with Crippen LogP contribution in [0.1, 0.15) is 0 Å². The van der Waals surface area contributed by atoms with Crippen LogP contribution in [0.2, 0.25) is 5.15 Å². The second-order valence-electron chi connectivity index (χ2n) is 8.09. The number of hydrogen-bond donors (Lipinski definition) is 0. The maximum Gasteiger partial charge on any atom is 0.150 e. The van der Waals surface area contributed by atoms with Gasteiger partial charge < -0.3 is 14.2 Å². The van der Waals surface area contributed by atoms with E-state index in [1.165, 1.54) is 6.33 Å². The number of aromatic nitrogens is 4. The number of halogens is 1. The van der Waals surface area contributed by atoms with Gasteiger partial charge in [-0.15, -0.1) is 0 Å². The summed E-state index contributed by atoms with van der Waals surface area (Å²) >= 11 is 6.49. The predicted molar refractivity (Wildman–Crippen MR) is 131 cm³/mol. The summed E-state index contributed by atoms with van der Waals surface area (Å²) in [4.78, 5) is 15.2. The lowest BCUT2D eigenvalue weighted by atomic mass is 10.1. The van der Waals surface area contributed by atoms with Crippen molar-refractivity contribution in [3.8, 4) is 22.6 Å². The first-order valence-electron chi connectivity index (χ1n) is 11.2. The Morgan fingerprint density at radius 2 is 1.94 bits per heavy atom. The van der Waals surface area contributed by atoms with Crippen molar-refractivity contribution in [2.75, 3.05) is 46.6 Å². The molecule has 1 saturated heterocycles. The van der Waals surface area contributed by atoms with Crippen LogP contribution in [0, 0.1) is 0 Å². The molecule has 4 aromatic rings. The summed E-state index contributed by atoms with van der Waals surface area (Å²) in [5.41, 5.74) is 3.57. The van der Waals surface area contributed by atoms with Gasteiger partial charge in [-0.3, -0.25) is 14.5 Å². The summed E-state index contributed by atoms with van der Waals surface area (Å²) in [5, 5.41) is 1.21. The lowest BCUT2D eigenvalue weighted by Gasteiger charge is -2.29. The van der Waals surface area contributed by atoms with Crippen LogP contribution in [0.15, 0.2) is 61.3 Å². The van der Waals surface area contributed by atoms with Gasteiger partial charge in [0.2, 0.25) is 0 Å². The minimum absolute atomic E-state index is 0.00816. The molecule has 0 amide bonds. The van der Waals surface area contributed by atoms with E-state index in [9.17, 15) is 0 Å². The van der Waals surface area contributed by atoms with E-state index in [1.54, 1.807) is 19.5 Å². The summed E-state index contributed by atoms with van der Waals surface area (Å²) in [7, 11) is 1.72. The fourth-order valence-electron chi connectivity index (χ4n) is 4.12. The Kier molecular flexibility index (Phi) is 7.01. The number of rotatable bonds is 8. The third-order valence-corrected chi connectivity index (χ3v) is 6.25. The molecule has 4 heterocycles. The van der Waals surface area contributed by atoms with Crippen molar-refractivity contribution in [3.63, 3.8) is 0 Å². The first kappa shape index (κ1) is 22.7. The van der Waals surface area contributed by atoms with E-state index in [0.717, 1.165) is 66.4 Å². The molecule has 1 aliphatic rings. The van der Waals surface area contributed by atoms with Crippen LogP contribution in [0.4, 0.5) is 0 Å². The largest absolute Gasteiger partial charge is 0.491 e. The molecule has 9 heteroatoms. The fraction of sp³-hybridized carbons (Fsp3) is 0.320. The highest BCUT2D eigenvalue weighted by Crippen LogP contribution is 2.35. The van der Waals surface area contributed by atoms with Crippen molar-refractivity contribution >= 4 is 22.6 Å². The van der Waals surface area contributed by atoms with Crippen LogP contribution >= 0.6 is 11.6 Å². The third-order valence-electron chi connectivity index (χ3n) is 5.96. The summed E-state index contributed by atoms with van der Waals surface area (Å²) < 4.78 is 19.1. The lowest BCUT2D eigenvalue weighted by molar-refractivity contribution is -0.0107. The van der Waals surface area contributed by atoms with Gasteiger partial charge >= 0.3 is 0 Å². The second kappa shape index (κ2) is 10.5.